The van der Waals surface area contributed by atoms with Gasteiger partial charge >= 0.3 is 0 Å². The van der Waals surface area contributed by atoms with Crippen molar-refractivity contribution in [2.24, 2.45) is 17.8 Å². The van der Waals surface area contributed by atoms with Crippen LogP contribution in [0, 0.1) is 17.8 Å². The monoisotopic (exact) mass is 329 g/mol. The normalized spacial score (nSPS) is 32.6. The topological polar surface area (TPSA) is 64.1 Å². The first-order valence-electron chi connectivity index (χ1n) is 9.39. The fourth-order valence-corrected chi connectivity index (χ4v) is 4.85. The second-order valence-electron chi connectivity index (χ2n) is 7.89. The number of nitrogens with one attached hydrogen (secondary N) is 1. The van der Waals surface area contributed by atoms with Crippen molar-refractivity contribution in [3.8, 4) is 0 Å². The van der Waals surface area contributed by atoms with Gasteiger partial charge in [0, 0.05) is 42.8 Å². The smallest absolute Gasteiger partial charge is 0.254 e. The summed E-state index contributed by atoms with van der Waals surface area (Å²) in [5.74, 6) is 2.73. The molecule has 4 atom stereocenters. The van der Waals surface area contributed by atoms with E-state index in [0.717, 1.165) is 18.9 Å². The van der Waals surface area contributed by atoms with Crippen LogP contribution in [0.1, 0.15) is 68.1 Å². The van der Waals surface area contributed by atoms with Gasteiger partial charge in [0.1, 0.15) is 5.82 Å². The van der Waals surface area contributed by atoms with Crippen LogP contribution in [0.5, 0.6) is 0 Å². The maximum atomic E-state index is 12.6. The van der Waals surface area contributed by atoms with E-state index in [-0.39, 0.29) is 17.9 Å². The number of carbonyl (C=O) groups excluding carboxylic acids is 1. The third-order valence-corrected chi connectivity index (χ3v) is 6.13. The van der Waals surface area contributed by atoms with Crippen molar-refractivity contribution in [1.82, 2.24) is 15.3 Å². The Morgan fingerprint density at radius 3 is 2.58 bits per heavy atom. The number of hydrogen-bond acceptors (Lipinski definition) is 4. The Morgan fingerprint density at radius 1 is 1.21 bits per heavy atom. The Labute approximate surface area is 143 Å². The molecule has 0 aromatic carbocycles. The number of ether oxygens (including phenoxy) is 1. The van der Waals surface area contributed by atoms with Gasteiger partial charge < -0.3 is 10.1 Å². The van der Waals surface area contributed by atoms with Crippen molar-refractivity contribution in [1.29, 1.82) is 0 Å². The van der Waals surface area contributed by atoms with E-state index in [9.17, 15) is 4.79 Å². The number of hydrogen-bond donors (Lipinski definition) is 1. The molecule has 0 spiro atoms. The molecule has 1 aliphatic heterocycles. The molecule has 1 aromatic rings. The molecule has 24 heavy (non-hydrogen) atoms. The zero-order valence-electron chi connectivity index (χ0n) is 14.6. The van der Waals surface area contributed by atoms with Gasteiger partial charge in [0.15, 0.2) is 0 Å². The second-order valence-corrected chi connectivity index (χ2v) is 7.89. The summed E-state index contributed by atoms with van der Waals surface area (Å²) in [6, 6.07) is 0.262. The number of rotatable bonds is 4. The molecule has 1 aromatic heterocycles. The highest BCUT2D eigenvalue weighted by atomic mass is 16.5. The molecule has 2 heterocycles. The average molecular weight is 329 g/mol. The summed E-state index contributed by atoms with van der Waals surface area (Å²) in [4.78, 5) is 21.3. The molecule has 3 fully saturated rings. The van der Waals surface area contributed by atoms with Gasteiger partial charge in [0.05, 0.1) is 11.7 Å². The zero-order valence-corrected chi connectivity index (χ0v) is 14.6. The lowest BCUT2D eigenvalue weighted by Crippen LogP contribution is -2.63. The summed E-state index contributed by atoms with van der Waals surface area (Å²) in [5.41, 5.74) is 0.562. The molecule has 1 amide bonds. The van der Waals surface area contributed by atoms with Crippen molar-refractivity contribution >= 4 is 5.91 Å². The van der Waals surface area contributed by atoms with E-state index >= 15 is 0 Å². The Hall–Kier alpha value is -1.49. The van der Waals surface area contributed by atoms with Crippen molar-refractivity contribution in [2.45, 2.75) is 64.0 Å². The number of aromatic nitrogens is 2. The predicted molar refractivity (Wildman–Crippen MR) is 90.7 cm³/mol. The number of fused-ring (bicyclic) bond motifs is 1. The molecule has 2 aliphatic carbocycles. The van der Waals surface area contributed by atoms with Gasteiger partial charge in [-0.3, -0.25) is 4.79 Å². The first-order valence-corrected chi connectivity index (χ1v) is 9.39. The third kappa shape index (κ3) is 2.73. The molecule has 2 saturated carbocycles. The highest BCUT2D eigenvalue weighted by Crippen LogP contribution is 2.51. The van der Waals surface area contributed by atoms with Crippen LogP contribution in [0.4, 0.5) is 0 Å². The maximum Gasteiger partial charge on any atom is 0.254 e. The Balaban J connectivity index is 1.45. The minimum absolute atomic E-state index is 0.0383. The van der Waals surface area contributed by atoms with Crippen LogP contribution in [0.25, 0.3) is 0 Å². The number of nitrogens with zero attached hydrogens (tertiary/aromatic N) is 2. The summed E-state index contributed by atoms with van der Waals surface area (Å²) in [7, 11) is 0. The molecule has 5 heteroatoms. The van der Waals surface area contributed by atoms with Crippen LogP contribution in [-0.4, -0.2) is 34.6 Å². The number of amides is 1. The van der Waals surface area contributed by atoms with Gasteiger partial charge in [-0.25, -0.2) is 9.97 Å². The fraction of sp³-hybridized carbons (Fsp3) is 0.737. The summed E-state index contributed by atoms with van der Waals surface area (Å²) in [6.07, 6.45) is 9.98. The zero-order chi connectivity index (χ0) is 16.7. The summed E-state index contributed by atoms with van der Waals surface area (Å²) >= 11 is 0. The van der Waals surface area contributed by atoms with E-state index < -0.39 is 0 Å². The standard InChI is InChI=1S/C19H27N3O2/c1-11(2)18-20-9-13(10-21-18)19(23)22-16-14-7-8-24-17(14)15(16)12-5-3-4-6-12/h9-12,14-17H,3-8H2,1-2H3,(H,22,23)/t14-,15+,16-,17-/m0/s1. The molecule has 130 valence electrons. The SMILES string of the molecule is CC(C)c1ncc(C(=O)N[C@H]2[C@@H]3CCO[C@@H]3[C@@H]2C2CCCC2)cn1. The van der Waals surface area contributed by atoms with Gasteiger partial charge in [-0.2, -0.15) is 0 Å². The minimum atomic E-state index is -0.0383. The predicted octanol–water partition coefficient (Wildman–Crippen LogP) is 2.92. The molecule has 0 radical (unpaired) electrons. The molecular weight excluding hydrogens is 302 g/mol. The molecule has 5 nitrogen and oxygen atoms in total. The highest BCUT2D eigenvalue weighted by Gasteiger charge is 2.57. The van der Waals surface area contributed by atoms with E-state index in [1.165, 1.54) is 25.7 Å². The lowest BCUT2D eigenvalue weighted by Gasteiger charge is -2.50. The van der Waals surface area contributed by atoms with Gasteiger partial charge in [-0.1, -0.05) is 39.5 Å². The Morgan fingerprint density at radius 2 is 1.92 bits per heavy atom. The fourth-order valence-electron chi connectivity index (χ4n) is 4.85. The molecule has 1 saturated heterocycles. The summed E-state index contributed by atoms with van der Waals surface area (Å²) < 4.78 is 5.96. The summed E-state index contributed by atoms with van der Waals surface area (Å²) in [6.45, 7) is 4.95. The van der Waals surface area contributed by atoms with E-state index in [0.29, 0.717) is 29.4 Å². The van der Waals surface area contributed by atoms with Gasteiger partial charge in [0.25, 0.3) is 5.91 Å². The van der Waals surface area contributed by atoms with E-state index in [2.05, 4.69) is 29.1 Å². The maximum absolute atomic E-state index is 12.6. The van der Waals surface area contributed by atoms with Crippen molar-refractivity contribution in [3.05, 3.63) is 23.8 Å². The van der Waals surface area contributed by atoms with E-state index in [1.807, 2.05) is 0 Å². The van der Waals surface area contributed by atoms with E-state index in [1.54, 1.807) is 12.4 Å². The highest BCUT2D eigenvalue weighted by molar-refractivity contribution is 5.93. The minimum Gasteiger partial charge on any atom is -0.377 e. The van der Waals surface area contributed by atoms with Crippen LogP contribution in [0.2, 0.25) is 0 Å². The van der Waals surface area contributed by atoms with E-state index in [4.69, 9.17) is 4.74 Å². The van der Waals surface area contributed by atoms with Gasteiger partial charge in [-0.05, 0) is 12.3 Å². The van der Waals surface area contributed by atoms with Crippen molar-refractivity contribution in [2.75, 3.05) is 6.61 Å². The lowest BCUT2D eigenvalue weighted by atomic mass is 9.61. The van der Waals surface area contributed by atoms with Crippen LogP contribution in [-0.2, 0) is 4.74 Å². The van der Waals surface area contributed by atoms with Crippen LogP contribution in [0.3, 0.4) is 0 Å². The molecule has 1 N–H and O–H groups in total. The lowest BCUT2D eigenvalue weighted by molar-refractivity contribution is -0.0784. The molecule has 4 rings (SSSR count). The first-order chi connectivity index (χ1) is 11.6. The molecule has 3 aliphatic rings. The van der Waals surface area contributed by atoms with Crippen molar-refractivity contribution < 1.29 is 9.53 Å². The van der Waals surface area contributed by atoms with Gasteiger partial charge in [-0.15, -0.1) is 0 Å². The number of carbonyl (C=O) groups is 1. The van der Waals surface area contributed by atoms with Crippen molar-refractivity contribution in [3.63, 3.8) is 0 Å². The molecule has 0 unspecified atom stereocenters. The van der Waals surface area contributed by atoms with Crippen LogP contribution < -0.4 is 5.32 Å². The quantitative estimate of drug-likeness (QED) is 0.922. The summed E-state index contributed by atoms with van der Waals surface area (Å²) in [5, 5.41) is 3.28. The average Bonchev–Trinajstić information content (AvgIpc) is 3.23. The van der Waals surface area contributed by atoms with Crippen LogP contribution in [0.15, 0.2) is 12.4 Å². The third-order valence-electron chi connectivity index (χ3n) is 6.13. The van der Waals surface area contributed by atoms with Crippen LogP contribution >= 0.6 is 0 Å². The largest absolute Gasteiger partial charge is 0.377 e. The first kappa shape index (κ1) is 16.0. The van der Waals surface area contributed by atoms with Gasteiger partial charge in [0.2, 0.25) is 0 Å². The Kier molecular flexibility index (Phi) is 4.29. The molecule has 0 bridgehead atoms. The second kappa shape index (κ2) is 6.43. The molecular formula is C19H27N3O2. The Bertz CT molecular complexity index is 590.